The molecule has 2 rings (SSSR count). The maximum Gasteiger partial charge on any atom is 0.315 e. The molecule has 0 saturated carbocycles. The summed E-state index contributed by atoms with van der Waals surface area (Å²) in [5.74, 6) is -0.194. The number of ether oxygens (including phenoxy) is 1. The molecular weight excluding hydrogens is 318 g/mol. The van der Waals surface area contributed by atoms with Gasteiger partial charge >= 0.3 is 6.03 Å². The Bertz CT molecular complexity index is 625. The highest BCUT2D eigenvalue weighted by Crippen LogP contribution is 2.15. The molecule has 1 aromatic rings. The number of amides is 2. The molecule has 4 N–H and O–H groups in total. The average Bonchev–Trinajstić information content (AvgIpc) is 2.99. The Morgan fingerprint density at radius 3 is 2.57 bits per heavy atom. The number of nitrogens with two attached hydrogens (primary N) is 1. The fourth-order valence-electron chi connectivity index (χ4n) is 2.52. The first-order valence-corrected chi connectivity index (χ1v) is 9.29. The van der Waals surface area contributed by atoms with Crippen molar-refractivity contribution in [3.8, 4) is 0 Å². The molecule has 0 unspecified atom stereocenters. The number of benzene rings is 1. The number of nitrogens with one attached hydrogen (secondary N) is 2. The number of carbonyl (C=O) groups excluding carboxylic acids is 1. The standard InChI is InChI=1S/C15H23N3O4S/c1-11(14-3-2-8-22-14)18-15(19)17-9-12-4-6-13(7-5-12)10-23(16,20)21/h4-7,11,14H,2-3,8-10H2,1H3,(H2,16,20,21)(H2,17,18,19)/t11-,14-/m0/s1. The number of hydrogen-bond acceptors (Lipinski definition) is 4. The molecule has 0 radical (unpaired) electrons. The minimum atomic E-state index is -3.53. The quantitative estimate of drug-likeness (QED) is 0.712. The van der Waals surface area contributed by atoms with Crippen LogP contribution in [0.15, 0.2) is 24.3 Å². The summed E-state index contributed by atoms with van der Waals surface area (Å²) >= 11 is 0. The van der Waals surface area contributed by atoms with Crippen molar-refractivity contribution in [2.75, 3.05) is 6.61 Å². The zero-order valence-corrected chi connectivity index (χ0v) is 13.9. The van der Waals surface area contributed by atoms with E-state index in [1.54, 1.807) is 24.3 Å². The SMILES string of the molecule is C[C@H](NC(=O)NCc1ccc(CS(N)(=O)=O)cc1)[C@@H]1CCCO1. The second-order valence-electron chi connectivity index (χ2n) is 5.79. The van der Waals surface area contributed by atoms with Crippen LogP contribution in [0.4, 0.5) is 4.79 Å². The van der Waals surface area contributed by atoms with Crippen LogP contribution in [0.3, 0.4) is 0 Å². The molecule has 1 fully saturated rings. The molecule has 7 nitrogen and oxygen atoms in total. The summed E-state index contributed by atoms with van der Waals surface area (Å²) in [4.78, 5) is 11.9. The van der Waals surface area contributed by atoms with Gasteiger partial charge in [-0.15, -0.1) is 0 Å². The Labute approximate surface area is 136 Å². The molecule has 1 heterocycles. The molecule has 1 aromatic carbocycles. The van der Waals surface area contributed by atoms with Crippen LogP contribution < -0.4 is 15.8 Å². The van der Waals surface area contributed by atoms with Crippen LogP contribution in [0.5, 0.6) is 0 Å². The molecule has 2 atom stereocenters. The van der Waals surface area contributed by atoms with Gasteiger partial charge in [-0.1, -0.05) is 24.3 Å². The maximum atomic E-state index is 11.9. The van der Waals surface area contributed by atoms with E-state index in [2.05, 4.69) is 10.6 Å². The van der Waals surface area contributed by atoms with Crippen LogP contribution in [0.2, 0.25) is 0 Å². The third-order valence-electron chi connectivity index (χ3n) is 3.73. The van der Waals surface area contributed by atoms with Gasteiger partial charge in [-0.3, -0.25) is 0 Å². The molecule has 1 saturated heterocycles. The first-order valence-electron chi connectivity index (χ1n) is 7.58. The number of hydrogen-bond donors (Lipinski definition) is 3. The zero-order chi connectivity index (χ0) is 16.9. The van der Waals surface area contributed by atoms with Crippen LogP contribution in [0.1, 0.15) is 30.9 Å². The summed E-state index contributed by atoms with van der Waals surface area (Å²) in [5.41, 5.74) is 1.50. The van der Waals surface area contributed by atoms with E-state index < -0.39 is 10.0 Å². The summed E-state index contributed by atoms with van der Waals surface area (Å²) in [6.45, 7) is 3.04. The van der Waals surface area contributed by atoms with Crippen molar-refractivity contribution < 1.29 is 17.9 Å². The first-order chi connectivity index (χ1) is 10.8. The molecule has 1 aliphatic heterocycles. The topological polar surface area (TPSA) is 111 Å². The summed E-state index contributed by atoms with van der Waals surface area (Å²) in [5, 5.41) is 10.6. The Hall–Kier alpha value is -1.64. The summed E-state index contributed by atoms with van der Waals surface area (Å²) in [7, 11) is -3.53. The average molecular weight is 341 g/mol. The molecule has 0 aromatic heterocycles. The maximum absolute atomic E-state index is 11.9. The minimum Gasteiger partial charge on any atom is -0.376 e. The summed E-state index contributed by atoms with van der Waals surface area (Å²) in [6, 6.07) is 6.63. The predicted molar refractivity (Wildman–Crippen MR) is 87.1 cm³/mol. The molecular formula is C15H23N3O4S. The molecule has 0 bridgehead atoms. The number of primary sulfonamides is 1. The highest BCUT2D eigenvalue weighted by molar-refractivity contribution is 7.88. The van der Waals surface area contributed by atoms with Gasteiger partial charge in [0.2, 0.25) is 10.0 Å². The van der Waals surface area contributed by atoms with Gasteiger partial charge in [-0.05, 0) is 30.9 Å². The van der Waals surface area contributed by atoms with Crippen LogP contribution in [-0.2, 0) is 27.1 Å². The van der Waals surface area contributed by atoms with Crippen LogP contribution in [0.25, 0.3) is 0 Å². The predicted octanol–water partition coefficient (Wildman–Crippen LogP) is 0.842. The van der Waals surface area contributed by atoms with Gasteiger partial charge in [0.05, 0.1) is 17.9 Å². The monoisotopic (exact) mass is 341 g/mol. The smallest absolute Gasteiger partial charge is 0.315 e. The van der Waals surface area contributed by atoms with E-state index in [0.29, 0.717) is 12.1 Å². The van der Waals surface area contributed by atoms with Crippen LogP contribution >= 0.6 is 0 Å². The minimum absolute atomic E-state index is 0.0327. The molecule has 128 valence electrons. The lowest BCUT2D eigenvalue weighted by Gasteiger charge is -2.20. The number of sulfonamides is 1. The number of carbonyl (C=O) groups is 1. The first kappa shape index (κ1) is 17.7. The molecule has 1 aliphatic rings. The van der Waals surface area contributed by atoms with Crippen molar-refractivity contribution in [2.45, 2.75) is 44.2 Å². The third-order valence-corrected chi connectivity index (χ3v) is 4.46. The third kappa shape index (κ3) is 6.17. The fourth-order valence-corrected chi connectivity index (χ4v) is 3.17. The van der Waals surface area contributed by atoms with E-state index in [0.717, 1.165) is 25.0 Å². The zero-order valence-electron chi connectivity index (χ0n) is 13.1. The lowest BCUT2D eigenvalue weighted by Crippen LogP contribution is -2.45. The highest BCUT2D eigenvalue weighted by Gasteiger charge is 2.23. The number of rotatable bonds is 6. The lowest BCUT2D eigenvalue weighted by atomic mass is 10.1. The molecule has 23 heavy (non-hydrogen) atoms. The molecule has 0 spiro atoms. The van der Waals surface area contributed by atoms with E-state index in [-0.39, 0.29) is 23.9 Å². The van der Waals surface area contributed by atoms with Gasteiger partial charge in [0.1, 0.15) is 0 Å². The van der Waals surface area contributed by atoms with Crippen molar-refractivity contribution in [1.82, 2.24) is 10.6 Å². The van der Waals surface area contributed by atoms with Gasteiger partial charge in [0, 0.05) is 13.2 Å². The largest absolute Gasteiger partial charge is 0.376 e. The van der Waals surface area contributed by atoms with Crippen molar-refractivity contribution in [3.05, 3.63) is 35.4 Å². The molecule has 8 heteroatoms. The second kappa shape index (κ2) is 7.76. The van der Waals surface area contributed by atoms with Gasteiger partial charge in [0.15, 0.2) is 0 Å². The summed E-state index contributed by atoms with van der Waals surface area (Å²) in [6.07, 6.45) is 2.08. The van der Waals surface area contributed by atoms with E-state index >= 15 is 0 Å². The Morgan fingerprint density at radius 2 is 2.00 bits per heavy atom. The number of urea groups is 1. The lowest BCUT2D eigenvalue weighted by molar-refractivity contribution is 0.0860. The normalized spacial score (nSPS) is 19.3. The van der Waals surface area contributed by atoms with Gasteiger partial charge in [0.25, 0.3) is 0 Å². The van der Waals surface area contributed by atoms with E-state index in [1.165, 1.54) is 0 Å². The highest BCUT2D eigenvalue weighted by atomic mass is 32.2. The molecule has 2 amide bonds. The van der Waals surface area contributed by atoms with E-state index in [1.807, 2.05) is 6.92 Å². The Balaban J connectivity index is 1.77. The van der Waals surface area contributed by atoms with Crippen LogP contribution in [0, 0.1) is 0 Å². The van der Waals surface area contributed by atoms with Crippen LogP contribution in [-0.4, -0.2) is 33.2 Å². The van der Waals surface area contributed by atoms with Gasteiger partial charge < -0.3 is 15.4 Å². The Kier molecular flexibility index (Phi) is 5.97. The van der Waals surface area contributed by atoms with Crippen molar-refractivity contribution in [2.24, 2.45) is 5.14 Å². The van der Waals surface area contributed by atoms with Gasteiger partial charge in [-0.25, -0.2) is 18.4 Å². The second-order valence-corrected chi connectivity index (χ2v) is 7.41. The summed E-state index contributed by atoms with van der Waals surface area (Å²) < 4.78 is 27.6. The van der Waals surface area contributed by atoms with Crippen molar-refractivity contribution in [1.29, 1.82) is 0 Å². The van der Waals surface area contributed by atoms with Crippen molar-refractivity contribution >= 4 is 16.1 Å². The van der Waals surface area contributed by atoms with Crippen molar-refractivity contribution in [3.63, 3.8) is 0 Å². The molecule has 0 aliphatic carbocycles. The van der Waals surface area contributed by atoms with E-state index in [4.69, 9.17) is 9.88 Å². The fraction of sp³-hybridized carbons (Fsp3) is 0.533. The van der Waals surface area contributed by atoms with E-state index in [9.17, 15) is 13.2 Å². The van der Waals surface area contributed by atoms with Gasteiger partial charge in [-0.2, -0.15) is 0 Å². The Morgan fingerprint density at radius 1 is 1.35 bits per heavy atom.